The molecule has 0 aliphatic carbocycles. The van der Waals surface area contributed by atoms with Crippen LogP contribution in [-0.4, -0.2) is 114 Å². The molecule has 0 saturated heterocycles. The van der Waals surface area contributed by atoms with E-state index in [2.05, 4.69) is 32.6 Å². The van der Waals surface area contributed by atoms with E-state index >= 15 is 0 Å². The fraction of sp³-hybridized carbons (Fsp3) is 0.963. The molecule has 0 aromatic rings. The highest BCUT2D eigenvalue weighted by Crippen LogP contribution is 2.22. The lowest BCUT2D eigenvalue weighted by Crippen LogP contribution is -2.30. The van der Waals surface area contributed by atoms with E-state index in [0.717, 1.165) is 122 Å². The molecule has 0 bridgehead atoms. The van der Waals surface area contributed by atoms with Crippen LogP contribution >= 0.6 is 0 Å². The lowest BCUT2D eigenvalue weighted by molar-refractivity contribution is -0.150. The maximum Gasteiger partial charge on any atom is 0.308 e. The Balaban J connectivity index is 4.70. The minimum absolute atomic E-state index is 0.0269. The number of aliphatic hydroxyl groups excluding tert-OH is 1. The summed E-state index contributed by atoms with van der Waals surface area (Å²) in [6.45, 7) is 17.2. The normalized spacial score (nSPS) is 12.6. The Morgan fingerprint density at radius 3 is 1.02 bits per heavy atom. The van der Waals surface area contributed by atoms with Crippen LogP contribution in [-0.2, 0) is 38.0 Å². The summed E-state index contributed by atoms with van der Waals surface area (Å²) in [5.74, 6) is 0.221. The SMILES string of the molecule is CCCCCCCCC(CCCCCC)C(=O)OCCCCCCN(CCCCCCOC(=O)C(CCCCCC)CCCCCCCC)CCOCCOCCOCCOCCO. The number of unbranched alkanes of at least 4 members (excludes halogenated alkanes) is 22. The van der Waals surface area contributed by atoms with Gasteiger partial charge in [-0.3, -0.25) is 9.59 Å². The minimum Gasteiger partial charge on any atom is -0.465 e. The quantitative estimate of drug-likeness (QED) is 0.0467. The molecule has 2 atom stereocenters. The van der Waals surface area contributed by atoms with E-state index in [-0.39, 0.29) is 30.4 Å². The van der Waals surface area contributed by atoms with Crippen LogP contribution in [0.15, 0.2) is 0 Å². The van der Waals surface area contributed by atoms with Crippen LogP contribution in [0.25, 0.3) is 0 Å². The van der Waals surface area contributed by atoms with Gasteiger partial charge in [0.05, 0.1) is 84.5 Å². The molecule has 0 aliphatic heterocycles. The molecule has 0 saturated carbocycles. The molecule has 0 rings (SSSR count). The van der Waals surface area contributed by atoms with Crippen molar-refractivity contribution in [2.45, 2.75) is 233 Å². The zero-order valence-electron chi connectivity index (χ0n) is 42.8. The third kappa shape index (κ3) is 44.5. The molecule has 10 heteroatoms. The van der Waals surface area contributed by atoms with Crippen molar-refractivity contribution < 1.29 is 43.1 Å². The molecule has 0 amide bonds. The van der Waals surface area contributed by atoms with E-state index in [1.54, 1.807) is 0 Å². The van der Waals surface area contributed by atoms with Gasteiger partial charge in [-0.15, -0.1) is 0 Å². The number of nitrogens with zero attached hydrogens (tertiary/aromatic N) is 1. The van der Waals surface area contributed by atoms with E-state index in [1.165, 1.54) is 103 Å². The van der Waals surface area contributed by atoms with Crippen LogP contribution < -0.4 is 0 Å². The van der Waals surface area contributed by atoms with E-state index in [4.69, 9.17) is 33.5 Å². The van der Waals surface area contributed by atoms with E-state index in [0.29, 0.717) is 66.1 Å². The van der Waals surface area contributed by atoms with Crippen molar-refractivity contribution >= 4 is 11.9 Å². The summed E-state index contributed by atoms with van der Waals surface area (Å²) in [5.41, 5.74) is 0. The Morgan fingerprint density at radius 1 is 0.344 bits per heavy atom. The molecule has 0 aliphatic rings. The Bertz CT molecular complexity index is 882. The average molecular weight is 914 g/mol. The number of carbonyl (C=O) groups is 2. The van der Waals surface area contributed by atoms with Crippen molar-refractivity contribution in [2.24, 2.45) is 11.8 Å². The summed E-state index contributed by atoms with van der Waals surface area (Å²) in [7, 11) is 0. The molecule has 0 aromatic heterocycles. The first-order valence-corrected chi connectivity index (χ1v) is 27.5. The van der Waals surface area contributed by atoms with Gasteiger partial charge in [-0.2, -0.15) is 0 Å². The first kappa shape index (κ1) is 62.7. The van der Waals surface area contributed by atoms with Gasteiger partial charge in [-0.1, -0.05) is 182 Å². The largest absolute Gasteiger partial charge is 0.465 e. The second kappa shape index (κ2) is 52.7. The van der Waals surface area contributed by atoms with Crippen LogP contribution in [0.4, 0.5) is 0 Å². The maximum atomic E-state index is 13.1. The van der Waals surface area contributed by atoms with Gasteiger partial charge in [-0.05, 0) is 64.5 Å². The first-order chi connectivity index (χ1) is 31.5. The molecule has 1 N–H and O–H groups in total. The highest BCUT2D eigenvalue weighted by atomic mass is 16.6. The zero-order valence-corrected chi connectivity index (χ0v) is 42.8. The smallest absolute Gasteiger partial charge is 0.308 e. The lowest BCUT2D eigenvalue weighted by atomic mass is 9.94. The average Bonchev–Trinajstić information content (AvgIpc) is 3.30. The van der Waals surface area contributed by atoms with Gasteiger partial charge in [0.1, 0.15) is 0 Å². The monoisotopic (exact) mass is 914 g/mol. The van der Waals surface area contributed by atoms with Crippen LogP contribution in [0.3, 0.4) is 0 Å². The van der Waals surface area contributed by atoms with Crippen LogP contribution in [0.5, 0.6) is 0 Å². The number of hydrogen-bond donors (Lipinski definition) is 1. The van der Waals surface area contributed by atoms with Crippen LogP contribution in [0.1, 0.15) is 233 Å². The summed E-state index contributed by atoms with van der Waals surface area (Å²) in [4.78, 5) is 28.7. The molecule has 0 fully saturated rings. The number of esters is 2. The number of carbonyl (C=O) groups excluding carboxylic acids is 2. The molecule has 10 nitrogen and oxygen atoms in total. The lowest BCUT2D eigenvalue weighted by Gasteiger charge is -2.22. The van der Waals surface area contributed by atoms with Crippen molar-refractivity contribution in [3.05, 3.63) is 0 Å². The summed E-state index contributed by atoms with van der Waals surface area (Å²) in [6.07, 6.45) is 37.1. The predicted molar refractivity (Wildman–Crippen MR) is 266 cm³/mol. The van der Waals surface area contributed by atoms with E-state index in [1.807, 2.05) is 0 Å². The Morgan fingerprint density at radius 2 is 0.641 bits per heavy atom. The third-order valence-electron chi connectivity index (χ3n) is 12.4. The number of ether oxygens (including phenoxy) is 6. The second-order valence-electron chi connectivity index (χ2n) is 18.4. The molecular weight excluding hydrogens is 807 g/mol. The minimum atomic E-state index is 0.0269. The molecule has 0 heterocycles. The Hall–Kier alpha value is -1.30. The second-order valence-corrected chi connectivity index (χ2v) is 18.4. The molecule has 2 unspecified atom stereocenters. The molecule has 64 heavy (non-hydrogen) atoms. The standard InChI is InChI=1S/C54H107NO9/c1-5-9-13-17-19-27-35-51(33-25-15-11-7-3)53(57)63-41-31-23-21-29-37-55(39-43-59-45-47-61-49-50-62-48-46-60-44-40-56)38-30-22-24-32-42-64-54(58)52(34-26-16-12-8-4)36-28-20-18-14-10-6-2/h51-52,56H,5-50H2,1-4H3. The van der Waals surface area contributed by atoms with Gasteiger partial charge in [0.2, 0.25) is 0 Å². The Kier molecular flexibility index (Phi) is 51.6. The molecule has 0 radical (unpaired) electrons. The van der Waals surface area contributed by atoms with Crippen molar-refractivity contribution in [3.63, 3.8) is 0 Å². The van der Waals surface area contributed by atoms with Gasteiger partial charge in [0, 0.05) is 6.54 Å². The van der Waals surface area contributed by atoms with Gasteiger partial charge >= 0.3 is 11.9 Å². The van der Waals surface area contributed by atoms with Crippen molar-refractivity contribution in [3.8, 4) is 0 Å². The maximum absolute atomic E-state index is 13.1. The zero-order chi connectivity index (χ0) is 46.7. The fourth-order valence-electron chi connectivity index (χ4n) is 8.26. The molecule has 0 aromatic carbocycles. The first-order valence-electron chi connectivity index (χ1n) is 27.5. The van der Waals surface area contributed by atoms with Gasteiger partial charge in [0.25, 0.3) is 0 Å². The highest BCUT2D eigenvalue weighted by Gasteiger charge is 2.20. The Labute approximate surface area is 396 Å². The van der Waals surface area contributed by atoms with E-state index in [9.17, 15) is 9.59 Å². The van der Waals surface area contributed by atoms with Crippen molar-refractivity contribution in [1.82, 2.24) is 4.90 Å². The van der Waals surface area contributed by atoms with Crippen LogP contribution in [0.2, 0.25) is 0 Å². The summed E-state index contributed by atoms with van der Waals surface area (Å²) < 4.78 is 34.0. The summed E-state index contributed by atoms with van der Waals surface area (Å²) >= 11 is 0. The number of aliphatic hydroxyl groups is 1. The van der Waals surface area contributed by atoms with Crippen molar-refractivity contribution in [2.75, 3.05) is 92.3 Å². The fourth-order valence-corrected chi connectivity index (χ4v) is 8.26. The van der Waals surface area contributed by atoms with Crippen LogP contribution in [0, 0.1) is 11.8 Å². The molecule has 382 valence electrons. The van der Waals surface area contributed by atoms with Gasteiger partial charge in [-0.25, -0.2) is 0 Å². The molecular formula is C54H107NO9. The van der Waals surface area contributed by atoms with Crippen molar-refractivity contribution in [1.29, 1.82) is 0 Å². The number of rotatable bonds is 54. The predicted octanol–water partition coefficient (Wildman–Crippen LogP) is 13.2. The molecule has 0 spiro atoms. The third-order valence-corrected chi connectivity index (χ3v) is 12.4. The number of hydrogen-bond acceptors (Lipinski definition) is 10. The van der Waals surface area contributed by atoms with Gasteiger partial charge < -0.3 is 38.4 Å². The highest BCUT2D eigenvalue weighted by molar-refractivity contribution is 5.72. The summed E-state index contributed by atoms with van der Waals surface area (Å²) in [5, 5.41) is 8.76. The van der Waals surface area contributed by atoms with E-state index < -0.39 is 0 Å². The summed E-state index contributed by atoms with van der Waals surface area (Å²) in [6, 6.07) is 0. The topological polar surface area (TPSA) is 113 Å². The van der Waals surface area contributed by atoms with Gasteiger partial charge in [0.15, 0.2) is 0 Å².